The molecule has 0 fully saturated rings. The van der Waals surface area contributed by atoms with Crippen molar-refractivity contribution in [3.8, 4) is 0 Å². The fourth-order valence-electron chi connectivity index (χ4n) is 1.90. The molecule has 0 aliphatic rings. The van der Waals surface area contributed by atoms with E-state index in [-0.39, 0.29) is 12.0 Å². The molecule has 0 saturated carbocycles. The van der Waals surface area contributed by atoms with Gasteiger partial charge in [-0.2, -0.15) is 4.31 Å². The molecule has 0 bridgehead atoms. The third kappa shape index (κ3) is 3.37. The molecule has 0 spiro atoms. The Balaban J connectivity index is 3.23. The molecule has 0 amide bonds. The van der Waals surface area contributed by atoms with Crippen molar-refractivity contribution in [1.82, 2.24) is 9.62 Å². The lowest BCUT2D eigenvalue weighted by molar-refractivity contribution is 0.315. The van der Waals surface area contributed by atoms with E-state index >= 15 is 0 Å². The number of thiophene rings is 1. The van der Waals surface area contributed by atoms with Crippen LogP contribution in [-0.2, 0) is 16.6 Å². The van der Waals surface area contributed by atoms with Crippen molar-refractivity contribution >= 4 is 21.4 Å². The summed E-state index contributed by atoms with van der Waals surface area (Å²) in [6, 6.07) is -0.0215. The maximum Gasteiger partial charge on any atom is 0.244 e. The summed E-state index contributed by atoms with van der Waals surface area (Å²) in [6.45, 7) is 8.45. The van der Waals surface area contributed by atoms with E-state index in [0.717, 1.165) is 10.4 Å². The van der Waals surface area contributed by atoms with E-state index in [1.165, 1.54) is 15.6 Å². The summed E-state index contributed by atoms with van der Waals surface area (Å²) in [5.74, 6) is 0.284. The number of aryl methyl sites for hydroxylation is 1. The Kier molecular flexibility index (Phi) is 5.55. The van der Waals surface area contributed by atoms with Gasteiger partial charge in [-0.25, -0.2) is 8.42 Å². The van der Waals surface area contributed by atoms with E-state index < -0.39 is 10.0 Å². The number of rotatable bonds is 6. The van der Waals surface area contributed by atoms with Crippen LogP contribution in [0.2, 0.25) is 0 Å². The molecule has 1 heterocycles. The second-order valence-corrected chi connectivity index (χ2v) is 8.11. The molecule has 6 heteroatoms. The maximum absolute atomic E-state index is 12.8. The van der Waals surface area contributed by atoms with Crippen LogP contribution >= 0.6 is 11.3 Å². The van der Waals surface area contributed by atoms with Crippen molar-refractivity contribution in [2.75, 3.05) is 14.1 Å². The van der Waals surface area contributed by atoms with E-state index in [1.807, 2.05) is 40.1 Å². The average Bonchev–Trinajstić information content (AvgIpc) is 2.69. The normalized spacial score (nSPS) is 14.3. The smallest absolute Gasteiger partial charge is 0.244 e. The highest BCUT2D eigenvalue weighted by Gasteiger charge is 2.31. The van der Waals surface area contributed by atoms with Gasteiger partial charge in [-0.15, -0.1) is 11.3 Å². The van der Waals surface area contributed by atoms with Gasteiger partial charge in [0, 0.05) is 24.5 Å². The zero-order valence-corrected chi connectivity index (χ0v) is 14.2. The third-order valence-corrected chi connectivity index (χ3v) is 6.91. The summed E-state index contributed by atoms with van der Waals surface area (Å²) in [5, 5.41) is 4.94. The van der Waals surface area contributed by atoms with Crippen LogP contribution in [0.15, 0.2) is 10.3 Å². The van der Waals surface area contributed by atoms with Gasteiger partial charge in [0.25, 0.3) is 0 Å². The number of nitrogens with zero attached hydrogens (tertiary/aromatic N) is 1. The molecule has 110 valence electrons. The average molecular weight is 304 g/mol. The Morgan fingerprint density at radius 1 is 1.37 bits per heavy atom. The first-order chi connectivity index (χ1) is 8.73. The van der Waals surface area contributed by atoms with Crippen molar-refractivity contribution in [3.05, 3.63) is 15.8 Å². The lowest BCUT2D eigenvalue weighted by atomic mass is 10.1. The van der Waals surface area contributed by atoms with Gasteiger partial charge in [-0.1, -0.05) is 13.8 Å². The number of hydrogen-bond acceptors (Lipinski definition) is 4. The third-order valence-electron chi connectivity index (χ3n) is 3.50. The monoisotopic (exact) mass is 304 g/mol. The number of hydrogen-bond donors (Lipinski definition) is 1. The quantitative estimate of drug-likeness (QED) is 0.878. The summed E-state index contributed by atoms with van der Waals surface area (Å²) < 4.78 is 27.0. The fraction of sp³-hybridized carbons (Fsp3) is 0.692. The van der Waals surface area contributed by atoms with Crippen LogP contribution in [0.25, 0.3) is 0 Å². The Morgan fingerprint density at radius 3 is 2.42 bits per heavy atom. The number of nitrogens with one attached hydrogen (secondary N) is 1. The van der Waals surface area contributed by atoms with Gasteiger partial charge in [0.15, 0.2) is 0 Å². The molecule has 0 aliphatic carbocycles. The molecule has 19 heavy (non-hydrogen) atoms. The second kappa shape index (κ2) is 6.35. The first kappa shape index (κ1) is 16.6. The van der Waals surface area contributed by atoms with E-state index in [1.54, 1.807) is 7.05 Å². The van der Waals surface area contributed by atoms with Gasteiger partial charge in [0.1, 0.15) is 4.90 Å². The van der Waals surface area contributed by atoms with Gasteiger partial charge in [-0.3, -0.25) is 0 Å². The van der Waals surface area contributed by atoms with Crippen LogP contribution in [0.1, 0.15) is 31.2 Å². The summed E-state index contributed by atoms with van der Waals surface area (Å²) in [7, 11) is 0.0726. The van der Waals surface area contributed by atoms with E-state index in [0.29, 0.717) is 11.4 Å². The largest absolute Gasteiger partial charge is 0.315 e. The molecule has 1 aromatic rings. The van der Waals surface area contributed by atoms with Crippen molar-refractivity contribution in [2.45, 2.75) is 45.2 Å². The highest BCUT2D eigenvalue weighted by Crippen LogP contribution is 2.30. The molecule has 1 atom stereocenters. The Bertz CT molecular complexity index is 521. The fourth-order valence-corrected chi connectivity index (χ4v) is 5.16. The van der Waals surface area contributed by atoms with Crippen LogP contribution in [0.3, 0.4) is 0 Å². The Morgan fingerprint density at radius 2 is 1.95 bits per heavy atom. The SMILES string of the molecule is CNCc1scc(C)c1S(=O)(=O)N(C)C(C)C(C)C. The molecular formula is C13H24N2O2S2. The van der Waals surface area contributed by atoms with Gasteiger partial charge in [-0.05, 0) is 37.8 Å². The lowest BCUT2D eigenvalue weighted by Crippen LogP contribution is -2.38. The zero-order chi connectivity index (χ0) is 14.8. The molecular weight excluding hydrogens is 280 g/mol. The summed E-state index contributed by atoms with van der Waals surface area (Å²) in [5.41, 5.74) is 0.832. The van der Waals surface area contributed by atoms with Crippen LogP contribution < -0.4 is 5.32 Å². The Labute approximate surface area is 120 Å². The minimum absolute atomic E-state index is 0.0215. The minimum Gasteiger partial charge on any atom is -0.315 e. The molecule has 1 unspecified atom stereocenters. The van der Waals surface area contributed by atoms with Crippen LogP contribution in [0.4, 0.5) is 0 Å². The van der Waals surface area contributed by atoms with Gasteiger partial charge < -0.3 is 5.32 Å². The molecule has 0 aromatic carbocycles. The molecule has 0 aliphatic heterocycles. The van der Waals surface area contributed by atoms with E-state index in [4.69, 9.17) is 0 Å². The summed E-state index contributed by atoms with van der Waals surface area (Å²) >= 11 is 1.50. The lowest BCUT2D eigenvalue weighted by Gasteiger charge is -2.27. The van der Waals surface area contributed by atoms with Crippen molar-refractivity contribution in [1.29, 1.82) is 0 Å². The standard InChI is InChI=1S/C13H24N2O2S2/c1-9(2)11(4)15(6)19(16,17)13-10(3)8-18-12(13)7-14-5/h8-9,11,14H,7H2,1-6H3. The first-order valence-corrected chi connectivity index (χ1v) is 8.75. The Hall–Kier alpha value is -0.430. The zero-order valence-electron chi connectivity index (χ0n) is 12.5. The predicted octanol–water partition coefficient (Wildman–Crippen LogP) is 2.44. The number of sulfonamides is 1. The van der Waals surface area contributed by atoms with Crippen molar-refractivity contribution in [3.63, 3.8) is 0 Å². The van der Waals surface area contributed by atoms with E-state index in [9.17, 15) is 8.42 Å². The predicted molar refractivity (Wildman–Crippen MR) is 81.1 cm³/mol. The van der Waals surface area contributed by atoms with Crippen molar-refractivity contribution in [2.24, 2.45) is 5.92 Å². The molecule has 1 N–H and O–H groups in total. The second-order valence-electron chi connectivity index (χ2n) is 5.21. The summed E-state index contributed by atoms with van der Waals surface area (Å²) in [4.78, 5) is 1.35. The highest BCUT2D eigenvalue weighted by molar-refractivity contribution is 7.89. The first-order valence-electron chi connectivity index (χ1n) is 6.43. The molecule has 0 radical (unpaired) electrons. The van der Waals surface area contributed by atoms with Crippen molar-refractivity contribution < 1.29 is 8.42 Å². The van der Waals surface area contributed by atoms with Crippen LogP contribution in [0, 0.1) is 12.8 Å². The van der Waals surface area contributed by atoms with Gasteiger partial charge >= 0.3 is 0 Å². The van der Waals surface area contributed by atoms with Crippen LogP contribution in [-0.4, -0.2) is 32.9 Å². The highest BCUT2D eigenvalue weighted by atomic mass is 32.2. The van der Waals surface area contributed by atoms with Gasteiger partial charge in [0.2, 0.25) is 10.0 Å². The molecule has 4 nitrogen and oxygen atoms in total. The molecule has 1 aromatic heterocycles. The summed E-state index contributed by atoms with van der Waals surface area (Å²) in [6.07, 6.45) is 0. The molecule has 0 saturated heterocycles. The minimum atomic E-state index is -3.42. The maximum atomic E-state index is 12.8. The topological polar surface area (TPSA) is 49.4 Å². The van der Waals surface area contributed by atoms with Crippen LogP contribution in [0.5, 0.6) is 0 Å². The van der Waals surface area contributed by atoms with E-state index in [2.05, 4.69) is 5.32 Å². The van der Waals surface area contributed by atoms with Gasteiger partial charge in [0.05, 0.1) is 0 Å². The molecule has 1 rings (SSSR count).